The second kappa shape index (κ2) is 9.22. The van der Waals surface area contributed by atoms with Gasteiger partial charge in [0.15, 0.2) is 5.65 Å². The summed E-state index contributed by atoms with van der Waals surface area (Å²) in [6.07, 6.45) is 4.26. The number of nitrogens with zero attached hydrogens (tertiary/aromatic N) is 3. The first-order valence-electron chi connectivity index (χ1n) is 10.0. The number of benzene rings is 2. The van der Waals surface area contributed by atoms with E-state index in [0.29, 0.717) is 18.5 Å². The zero-order chi connectivity index (χ0) is 20.8. The Hall–Kier alpha value is -3.67. The average molecular weight is 400 g/mol. The highest BCUT2D eigenvalue weighted by Crippen LogP contribution is 2.15. The molecule has 0 aliphatic carbocycles. The van der Waals surface area contributed by atoms with Gasteiger partial charge >= 0.3 is 0 Å². The number of hydrogen-bond acceptors (Lipinski definition) is 4. The van der Waals surface area contributed by atoms with E-state index in [0.717, 1.165) is 35.6 Å². The molecule has 30 heavy (non-hydrogen) atoms. The van der Waals surface area contributed by atoms with Crippen LogP contribution in [0.5, 0.6) is 5.75 Å². The SMILES string of the molecule is COc1ccc(Cc2nnc3ccc(C(=O)NCCCc4ccccc4)cn23)cc1. The molecule has 0 bridgehead atoms. The highest BCUT2D eigenvalue weighted by molar-refractivity contribution is 5.94. The summed E-state index contributed by atoms with van der Waals surface area (Å²) in [5.74, 6) is 1.51. The van der Waals surface area contributed by atoms with Crippen molar-refractivity contribution >= 4 is 11.6 Å². The number of carbonyl (C=O) groups is 1. The maximum absolute atomic E-state index is 12.6. The van der Waals surface area contributed by atoms with E-state index in [1.807, 2.05) is 52.9 Å². The van der Waals surface area contributed by atoms with E-state index in [1.165, 1.54) is 5.56 Å². The molecular weight excluding hydrogens is 376 g/mol. The molecule has 0 unspecified atom stereocenters. The minimum Gasteiger partial charge on any atom is -0.497 e. The molecule has 6 nitrogen and oxygen atoms in total. The van der Waals surface area contributed by atoms with Crippen LogP contribution in [0.2, 0.25) is 0 Å². The third kappa shape index (κ3) is 4.66. The number of fused-ring (bicyclic) bond motifs is 1. The number of carbonyl (C=O) groups excluding carboxylic acids is 1. The Balaban J connectivity index is 1.40. The smallest absolute Gasteiger partial charge is 0.252 e. The van der Waals surface area contributed by atoms with Crippen LogP contribution in [0, 0.1) is 0 Å². The Morgan fingerprint density at radius 3 is 2.53 bits per heavy atom. The van der Waals surface area contributed by atoms with Gasteiger partial charge in [0, 0.05) is 19.2 Å². The Morgan fingerprint density at radius 2 is 1.77 bits per heavy atom. The molecule has 0 fully saturated rings. The maximum atomic E-state index is 12.6. The van der Waals surface area contributed by atoms with E-state index >= 15 is 0 Å². The fourth-order valence-electron chi connectivity index (χ4n) is 3.36. The van der Waals surface area contributed by atoms with Crippen molar-refractivity contribution in [1.82, 2.24) is 19.9 Å². The standard InChI is InChI=1S/C24H24N4O2/c1-30-21-12-9-19(10-13-21)16-23-27-26-22-14-11-20(17-28(22)23)24(29)25-15-5-8-18-6-3-2-4-7-18/h2-4,6-7,9-14,17H,5,8,15-16H2,1H3,(H,25,29). The predicted octanol–water partition coefficient (Wildman–Crippen LogP) is 3.69. The Bertz CT molecular complexity index is 1120. The molecule has 152 valence electrons. The number of aromatic nitrogens is 3. The van der Waals surface area contributed by atoms with Crippen molar-refractivity contribution in [3.63, 3.8) is 0 Å². The largest absolute Gasteiger partial charge is 0.497 e. The van der Waals surface area contributed by atoms with Gasteiger partial charge in [-0.25, -0.2) is 0 Å². The zero-order valence-electron chi connectivity index (χ0n) is 16.9. The van der Waals surface area contributed by atoms with Crippen LogP contribution >= 0.6 is 0 Å². The lowest BCUT2D eigenvalue weighted by atomic mass is 10.1. The van der Waals surface area contributed by atoms with Crippen LogP contribution < -0.4 is 10.1 Å². The van der Waals surface area contributed by atoms with Crippen molar-refractivity contribution in [2.45, 2.75) is 19.3 Å². The van der Waals surface area contributed by atoms with Crippen molar-refractivity contribution in [3.8, 4) is 5.75 Å². The van der Waals surface area contributed by atoms with Crippen LogP contribution in [0.3, 0.4) is 0 Å². The lowest BCUT2D eigenvalue weighted by Crippen LogP contribution is -2.25. The number of rotatable bonds is 8. The predicted molar refractivity (Wildman–Crippen MR) is 116 cm³/mol. The molecule has 0 saturated heterocycles. The lowest BCUT2D eigenvalue weighted by molar-refractivity contribution is 0.0953. The van der Waals surface area contributed by atoms with Crippen molar-refractivity contribution in [2.75, 3.05) is 13.7 Å². The summed E-state index contributed by atoms with van der Waals surface area (Å²) in [4.78, 5) is 12.6. The van der Waals surface area contributed by atoms with Gasteiger partial charge in [0.2, 0.25) is 0 Å². The maximum Gasteiger partial charge on any atom is 0.252 e. The van der Waals surface area contributed by atoms with Crippen molar-refractivity contribution in [1.29, 1.82) is 0 Å². The van der Waals surface area contributed by atoms with E-state index in [2.05, 4.69) is 27.6 Å². The number of nitrogens with one attached hydrogen (secondary N) is 1. The number of pyridine rings is 1. The third-order valence-electron chi connectivity index (χ3n) is 5.03. The molecule has 1 amide bonds. The van der Waals surface area contributed by atoms with Crippen molar-refractivity contribution in [2.24, 2.45) is 0 Å². The van der Waals surface area contributed by atoms with Gasteiger partial charge in [0.1, 0.15) is 11.6 Å². The number of methoxy groups -OCH3 is 1. The minimum atomic E-state index is -0.0888. The van der Waals surface area contributed by atoms with Gasteiger partial charge < -0.3 is 10.1 Å². The molecule has 4 rings (SSSR count). The molecular formula is C24H24N4O2. The zero-order valence-corrected chi connectivity index (χ0v) is 16.9. The minimum absolute atomic E-state index is 0.0888. The molecule has 0 saturated carbocycles. The Labute approximate surface area is 175 Å². The second-order valence-electron chi connectivity index (χ2n) is 7.13. The number of hydrogen-bond donors (Lipinski definition) is 1. The summed E-state index contributed by atoms with van der Waals surface area (Å²) in [6, 6.07) is 21.7. The van der Waals surface area contributed by atoms with Crippen molar-refractivity contribution in [3.05, 3.63) is 95.4 Å². The topological polar surface area (TPSA) is 68.5 Å². The van der Waals surface area contributed by atoms with Gasteiger partial charge in [0.25, 0.3) is 5.91 Å². The summed E-state index contributed by atoms with van der Waals surface area (Å²) >= 11 is 0. The van der Waals surface area contributed by atoms with Gasteiger partial charge in [-0.15, -0.1) is 10.2 Å². The number of amides is 1. The molecule has 0 atom stereocenters. The molecule has 0 aliphatic rings. The first-order chi connectivity index (χ1) is 14.7. The molecule has 6 heteroatoms. The molecule has 1 N–H and O–H groups in total. The van der Waals surface area contributed by atoms with Gasteiger partial charge in [-0.05, 0) is 48.2 Å². The van der Waals surface area contributed by atoms with Crippen LogP contribution in [0.1, 0.15) is 33.7 Å². The summed E-state index contributed by atoms with van der Waals surface area (Å²) in [6.45, 7) is 0.632. The summed E-state index contributed by atoms with van der Waals surface area (Å²) < 4.78 is 7.08. The van der Waals surface area contributed by atoms with Gasteiger partial charge in [-0.3, -0.25) is 9.20 Å². The molecule has 2 heterocycles. The highest BCUT2D eigenvalue weighted by atomic mass is 16.5. The third-order valence-corrected chi connectivity index (χ3v) is 5.03. The van der Waals surface area contributed by atoms with Crippen molar-refractivity contribution < 1.29 is 9.53 Å². The number of aryl methyl sites for hydroxylation is 1. The Morgan fingerprint density at radius 1 is 0.967 bits per heavy atom. The van der Waals surface area contributed by atoms with E-state index < -0.39 is 0 Å². The van der Waals surface area contributed by atoms with Crippen LogP contribution in [0.4, 0.5) is 0 Å². The molecule has 0 spiro atoms. The normalized spacial score (nSPS) is 10.8. The van der Waals surface area contributed by atoms with Crippen LogP contribution in [0.25, 0.3) is 5.65 Å². The molecule has 4 aromatic rings. The van der Waals surface area contributed by atoms with Crippen LogP contribution in [-0.4, -0.2) is 34.2 Å². The lowest BCUT2D eigenvalue weighted by Gasteiger charge is -2.07. The summed E-state index contributed by atoms with van der Waals surface area (Å²) in [5, 5.41) is 11.5. The fraction of sp³-hybridized carbons (Fsp3) is 0.208. The quantitative estimate of drug-likeness (QED) is 0.458. The first-order valence-corrected chi connectivity index (χ1v) is 10.0. The van der Waals surface area contributed by atoms with E-state index in [1.54, 1.807) is 19.4 Å². The monoisotopic (exact) mass is 400 g/mol. The summed E-state index contributed by atoms with van der Waals surface area (Å²) in [5.41, 5.74) is 3.69. The molecule has 0 aliphatic heterocycles. The first kappa shape index (κ1) is 19.6. The molecule has 0 radical (unpaired) electrons. The second-order valence-corrected chi connectivity index (χ2v) is 7.13. The van der Waals surface area contributed by atoms with E-state index in [-0.39, 0.29) is 5.91 Å². The van der Waals surface area contributed by atoms with E-state index in [9.17, 15) is 4.79 Å². The average Bonchev–Trinajstić information content (AvgIpc) is 3.20. The van der Waals surface area contributed by atoms with Crippen LogP contribution in [0.15, 0.2) is 72.9 Å². The Kier molecular flexibility index (Phi) is 6.03. The highest BCUT2D eigenvalue weighted by Gasteiger charge is 2.11. The summed E-state index contributed by atoms with van der Waals surface area (Å²) in [7, 11) is 1.65. The van der Waals surface area contributed by atoms with Gasteiger partial charge in [-0.2, -0.15) is 0 Å². The van der Waals surface area contributed by atoms with Crippen LogP contribution in [-0.2, 0) is 12.8 Å². The van der Waals surface area contributed by atoms with E-state index in [4.69, 9.17) is 4.74 Å². The molecule has 2 aromatic heterocycles. The van der Waals surface area contributed by atoms with Gasteiger partial charge in [0.05, 0.1) is 12.7 Å². The fourth-order valence-corrected chi connectivity index (χ4v) is 3.36. The number of ether oxygens (including phenoxy) is 1. The van der Waals surface area contributed by atoms with Gasteiger partial charge in [-0.1, -0.05) is 42.5 Å². The molecule has 2 aromatic carbocycles.